The summed E-state index contributed by atoms with van der Waals surface area (Å²) in [6.07, 6.45) is 5.64. The first-order valence-corrected chi connectivity index (χ1v) is 6.13. The van der Waals surface area contributed by atoms with Gasteiger partial charge in [0.1, 0.15) is 12.4 Å². The quantitative estimate of drug-likeness (QED) is 0.814. The Bertz CT molecular complexity index is 381. The summed E-state index contributed by atoms with van der Waals surface area (Å²) in [4.78, 5) is 10.8. The molecule has 1 aromatic rings. The maximum absolute atomic E-state index is 10.8. The van der Waals surface area contributed by atoms with E-state index in [4.69, 9.17) is 4.74 Å². The molecule has 1 fully saturated rings. The maximum atomic E-state index is 10.8. The second-order valence-electron chi connectivity index (χ2n) is 4.73. The Morgan fingerprint density at radius 1 is 1.24 bits per heavy atom. The molecule has 0 saturated heterocycles. The lowest BCUT2D eigenvalue weighted by Gasteiger charge is -2.31. The summed E-state index contributed by atoms with van der Waals surface area (Å²) < 4.78 is 5.59. The first kappa shape index (κ1) is 12.1. The molecule has 17 heavy (non-hydrogen) atoms. The zero-order valence-electron chi connectivity index (χ0n) is 9.89. The smallest absolute Gasteiger partial charge is 0.153 e. The van der Waals surface area contributed by atoms with E-state index < -0.39 is 5.60 Å². The van der Waals surface area contributed by atoms with Crippen molar-refractivity contribution in [3.63, 3.8) is 0 Å². The average Bonchev–Trinajstić information content (AvgIpc) is 2.38. The second-order valence-corrected chi connectivity index (χ2v) is 4.73. The SMILES string of the molecule is O=Cc1ccccc1OCC1(O)CCCCC1. The van der Waals surface area contributed by atoms with Gasteiger partial charge in [0, 0.05) is 0 Å². The fraction of sp³-hybridized carbons (Fsp3) is 0.500. The van der Waals surface area contributed by atoms with Gasteiger partial charge in [0.05, 0.1) is 11.2 Å². The lowest BCUT2D eigenvalue weighted by Crippen LogP contribution is -2.38. The first-order chi connectivity index (χ1) is 8.23. The van der Waals surface area contributed by atoms with Gasteiger partial charge in [-0.1, -0.05) is 31.4 Å². The summed E-state index contributed by atoms with van der Waals surface area (Å²) in [6.45, 7) is 0.276. The lowest BCUT2D eigenvalue weighted by molar-refractivity contribution is -0.0340. The van der Waals surface area contributed by atoms with E-state index in [1.54, 1.807) is 18.2 Å². The topological polar surface area (TPSA) is 46.5 Å². The van der Waals surface area contributed by atoms with E-state index in [0.29, 0.717) is 11.3 Å². The minimum absolute atomic E-state index is 0.276. The molecule has 1 saturated carbocycles. The largest absolute Gasteiger partial charge is 0.490 e. The van der Waals surface area contributed by atoms with Gasteiger partial charge in [0.15, 0.2) is 6.29 Å². The molecule has 92 valence electrons. The van der Waals surface area contributed by atoms with Gasteiger partial charge in [-0.25, -0.2) is 0 Å². The predicted molar refractivity (Wildman–Crippen MR) is 65.4 cm³/mol. The minimum atomic E-state index is -0.714. The number of para-hydroxylation sites is 1. The van der Waals surface area contributed by atoms with Crippen LogP contribution in [0.4, 0.5) is 0 Å². The molecule has 3 nitrogen and oxygen atoms in total. The van der Waals surface area contributed by atoms with Crippen molar-refractivity contribution in [2.45, 2.75) is 37.7 Å². The molecule has 3 heteroatoms. The Labute approximate surface area is 101 Å². The molecule has 0 heterocycles. The number of aldehydes is 1. The van der Waals surface area contributed by atoms with E-state index in [0.717, 1.165) is 32.0 Å². The molecule has 1 N–H and O–H groups in total. The van der Waals surface area contributed by atoms with Crippen molar-refractivity contribution < 1.29 is 14.6 Å². The summed E-state index contributed by atoms with van der Waals surface area (Å²) in [7, 11) is 0. The Kier molecular flexibility index (Phi) is 3.79. The van der Waals surface area contributed by atoms with Crippen LogP contribution in [0.25, 0.3) is 0 Å². The van der Waals surface area contributed by atoms with Gasteiger partial charge in [-0.3, -0.25) is 4.79 Å². The van der Waals surface area contributed by atoms with Crippen LogP contribution in [0.5, 0.6) is 5.75 Å². The molecule has 0 atom stereocenters. The fourth-order valence-corrected chi connectivity index (χ4v) is 2.28. The standard InChI is InChI=1S/C14H18O3/c15-10-12-6-2-3-7-13(12)17-11-14(16)8-4-1-5-9-14/h2-3,6-7,10,16H,1,4-5,8-9,11H2. The summed E-state index contributed by atoms with van der Waals surface area (Å²) in [5.74, 6) is 0.557. The lowest BCUT2D eigenvalue weighted by atomic mass is 9.85. The zero-order chi connectivity index (χ0) is 12.1. The first-order valence-electron chi connectivity index (χ1n) is 6.13. The number of rotatable bonds is 4. The highest BCUT2D eigenvalue weighted by Gasteiger charge is 2.30. The van der Waals surface area contributed by atoms with Crippen LogP contribution in [0.1, 0.15) is 42.5 Å². The third-order valence-corrected chi connectivity index (χ3v) is 3.33. The number of aliphatic hydroxyl groups is 1. The number of ether oxygens (including phenoxy) is 1. The van der Waals surface area contributed by atoms with Crippen LogP contribution in [-0.2, 0) is 0 Å². The average molecular weight is 234 g/mol. The number of carbonyl (C=O) groups is 1. The monoisotopic (exact) mass is 234 g/mol. The predicted octanol–water partition coefficient (Wildman–Crippen LogP) is 2.57. The highest BCUT2D eigenvalue weighted by atomic mass is 16.5. The van der Waals surface area contributed by atoms with Crippen LogP contribution in [-0.4, -0.2) is 23.6 Å². The van der Waals surface area contributed by atoms with E-state index in [1.165, 1.54) is 6.42 Å². The summed E-state index contributed by atoms with van der Waals surface area (Å²) in [5.41, 5.74) is -0.180. The Morgan fingerprint density at radius 3 is 2.65 bits per heavy atom. The van der Waals surface area contributed by atoms with Crippen LogP contribution in [0.3, 0.4) is 0 Å². The van der Waals surface area contributed by atoms with Crippen LogP contribution in [0.2, 0.25) is 0 Å². The molecule has 0 unspecified atom stereocenters. The third-order valence-electron chi connectivity index (χ3n) is 3.33. The van der Waals surface area contributed by atoms with E-state index in [1.807, 2.05) is 6.07 Å². The molecule has 0 spiro atoms. The molecule has 1 aliphatic carbocycles. The third kappa shape index (κ3) is 3.07. The highest BCUT2D eigenvalue weighted by Crippen LogP contribution is 2.29. The van der Waals surface area contributed by atoms with Crippen molar-refractivity contribution in [2.24, 2.45) is 0 Å². The van der Waals surface area contributed by atoms with Gasteiger partial charge in [-0.15, -0.1) is 0 Å². The molecule has 1 aliphatic rings. The van der Waals surface area contributed by atoms with E-state index in [-0.39, 0.29) is 6.61 Å². The van der Waals surface area contributed by atoms with Crippen molar-refractivity contribution in [3.05, 3.63) is 29.8 Å². The Morgan fingerprint density at radius 2 is 1.94 bits per heavy atom. The van der Waals surface area contributed by atoms with Crippen LogP contribution < -0.4 is 4.74 Å². The van der Waals surface area contributed by atoms with Crippen molar-refractivity contribution >= 4 is 6.29 Å². The summed E-state index contributed by atoms with van der Waals surface area (Å²) >= 11 is 0. The van der Waals surface area contributed by atoms with Gasteiger partial charge in [-0.2, -0.15) is 0 Å². The molecule has 1 aromatic carbocycles. The minimum Gasteiger partial charge on any atom is -0.490 e. The molecule has 0 aromatic heterocycles. The fourth-order valence-electron chi connectivity index (χ4n) is 2.28. The molecule has 2 rings (SSSR count). The summed E-state index contributed by atoms with van der Waals surface area (Å²) in [6, 6.07) is 7.10. The number of carbonyl (C=O) groups excluding carboxylic acids is 1. The summed E-state index contributed by atoms with van der Waals surface area (Å²) in [5, 5.41) is 10.3. The normalized spacial score (nSPS) is 18.6. The van der Waals surface area contributed by atoms with Gasteiger partial charge in [0.2, 0.25) is 0 Å². The number of hydrogen-bond donors (Lipinski definition) is 1. The van der Waals surface area contributed by atoms with Gasteiger partial charge >= 0.3 is 0 Å². The zero-order valence-corrected chi connectivity index (χ0v) is 9.89. The molecule has 0 aliphatic heterocycles. The van der Waals surface area contributed by atoms with Gasteiger partial charge < -0.3 is 9.84 Å². The Balaban J connectivity index is 1.99. The van der Waals surface area contributed by atoms with E-state index in [9.17, 15) is 9.90 Å². The number of hydrogen-bond acceptors (Lipinski definition) is 3. The molecule has 0 bridgehead atoms. The van der Waals surface area contributed by atoms with Crippen molar-refractivity contribution in [1.29, 1.82) is 0 Å². The molecule has 0 amide bonds. The van der Waals surface area contributed by atoms with Crippen LogP contribution in [0, 0.1) is 0 Å². The van der Waals surface area contributed by atoms with Crippen molar-refractivity contribution in [2.75, 3.05) is 6.61 Å². The number of benzene rings is 1. The van der Waals surface area contributed by atoms with Crippen LogP contribution in [0.15, 0.2) is 24.3 Å². The van der Waals surface area contributed by atoms with Crippen molar-refractivity contribution in [1.82, 2.24) is 0 Å². The van der Waals surface area contributed by atoms with Crippen molar-refractivity contribution in [3.8, 4) is 5.75 Å². The van der Waals surface area contributed by atoms with E-state index in [2.05, 4.69) is 0 Å². The molecular weight excluding hydrogens is 216 g/mol. The molecule has 0 radical (unpaired) electrons. The maximum Gasteiger partial charge on any atom is 0.153 e. The van der Waals surface area contributed by atoms with E-state index >= 15 is 0 Å². The van der Waals surface area contributed by atoms with Gasteiger partial charge in [0.25, 0.3) is 0 Å². The van der Waals surface area contributed by atoms with Crippen LogP contribution >= 0.6 is 0 Å². The second kappa shape index (κ2) is 5.32. The molecular formula is C14H18O3. The highest BCUT2D eigenvalue weighted by molar-refractivity contribution is 5.79. The van der Waals surface area contributed by atoms with Gasteiger partial charge in [-0.05, 0) is 25.0 Å². The Hall–Kier alpha value is -1.35.